The highest BCUT2D eigenvalue weighted by Crippen LogP contribution is 2.36. The Labute approximate surface area is 189 Å². The summed E-state index contributed by atoms with van der Waals surface area (Å²) >= 11 is 8.83. The summed E-state index contributed by atoms with van der Waals surface area (Å²) in [5, 5.41) is 18.2. The number of ether oxygens (including phenoxy) is 2. The van der Waals surface area contributed by atoms with Gasteiger partial charge in [0.05, 0.1) is 17.8 Å². The van der Waals surface area contributed by atoms with Crippen molar-refractivity contribution in [3.05, 3.63) is 55.5 Å². The maximum absolute atomic E-state index is 11.7. The Kier molecular flexibility index (Phi) is 7.04. The highest BCUT2D eigenvalue weighted by atomic mass is 127. The number of thioether (sulfide) groups is 1. The summed E-state index contributed by atoms with van der Waals surface area (Å²) in [6.07, 6.45) is 1.50. The lowest BCUT2D eigenvalue weighted by Crippen LogP contribution is -1.98. The normalized spacial score (nSPS) is 11.4. The summed E-state index contributed by atoms with van der Waals surface area (Å²) in [6, 6.07) is 10.4. The first-order valence-corrected chi connectivity index (χ1v) is 10.3. The van der Waals surface area contributed by atoms with Crippen LogP contribution in [0.15, 0.2) is 50.9 Å². The quantitative estimate of drug-likeness (QED) is 0.246. The molecule has 29 heavy (non-hydrogen) atoms. The first-order valence-electron chi connectivity index (χ1n) is 8.05. The third kappa shape index (κ3) is 5.22. The van der Waals surface area contributed by atoms with E-state index in [9.17, 15) is 9.90 Å². The van der Waals surface area contributed by atoms with Gasteiger partial charge in [-0.15, -0.1) is 10.2 Å². The van der Waals surface area contributed by atoms with Crippen LogP contribution in [0.5, 0.6) is 11.5 Å². The number of aromatic nitrogens is 2. The van der Waals surface area contributed by atoms with Crippen LogP contribution < -0.4 is 9.47 Å². The minimum atomic E-state index is -1.12. The minimum Gasteiger partial charge on any atom is -0.493 e. The second-order valence-electron chi connectivity index (χ2n) is 5.53. The van der Waals surface area contributed by atoms with Crippen LogP contribution in [0.2, 0.25) is 5.02 Å². The molecule has 0 fully saturated rings. The maximum atomic E-state index is 11.7. The monoisotopic (exact) mass is 544 g/mol. The van der Waals surface area contributed by atoms with Gasteiger partial charge >= 0.3 is 5.97 Å². The van der Waals surface area contributed by atoms with Crippen LogP contribution in [-0.2, 0) is 4.79 Å². The molecule has 0 aliphatic heterocycles. The molecule has 150 valence electrons. The Morgan fingerprint density at radius 3 is 2.55 bits per heavy atom. The smallest absolute Gasteiger partial charge is 0.342 e. The van der Waals surface area contributed by atoms with Gasteiger partial charge in [0.25, 0.3) is 5.22 Å². The van der Waals surface area contributed by atoms with Crippen molar-refractivity contribution in [1.29, 1.82) is 0 Å². The predicted molar refractivity (Wildman–Crippen MR) is 118 cm³/mol. The van der Waals surface area contributed by atoms with Gasteiger partial charge in [0, 0.05) is 10.6 Å². The first kappa shape index (κ1) is 21.5. The second kappa shape index (κ2) is 9.51. The summed E-state index contributed by atoms with van der Waals surface area (Å²) in [5.74, 6) is 0.239. The van der Waals surface area contributed by atoms with Crippen LogP contribution in [0.4, 0.5) is 0 Å². The maximum Gasteiger partial charge on any atom is 0.342 e. The molecule has 0 spiro atoms. The summed E-state index contributed by atoms with van der Waals surface area (Å²) in [5.41, 5.74) is 1.32. The average Bonchev–Trinajstić information content (AvgIpc) is 3.16. The van der Waals surface area contributed by atoms with Crippen LogP contribution >= 0.6 is 46.0 Å². The minimum absolute atomic E-state index is 0.0133. The number of carboxylic acid groups (broad SMARTS) is 1. The number of methoxy groups -OCH3 is 2. The lowest BCUT2D eigenvalue weighted by Gasteiger charge is -2.10. The average molecular weight is 545 g/mol. The molecular weight excluding hydrogens is 531 g/mol. The molecule has 0 bridgehead atoms. The van der Waals surface area contributed by atoms with Crippen LogP contribution in [0, 0.1) is 3.57 Å². The molecule has 0 amide bonds. The summed E-state index contributed by atoms with van der Waals surface area (Å²) < 4.78 is 17.0. The molecule has 1 heterocycles. The summed E-state index contributed by atoms with van der Waals surface area (Å²) in [6.45, 7) is 0. The summed E-state index contributed by atoms with van der Waals surface area (Å²) in [7, 11) is 3.06. The van der Waals surface area contributed by atoms with Gasteiger partial charge in [0.1, 0.15) is 4.91 Å². The van der Waals surface area contributed by atoms with Crippen molar-refractivity contribution in [2.75, 3.05) is 14.2 Å². The van der Waals surface area contributed by atoms with Gasteiger partial charge in [0.2, 0.25) is 5.89 Å². The number of nitrogens with zero attached hydrogens (tertiary/aromatic N) is 2. The van der Waals surface area contributed by atoms with E-state index < -0.39 is 5.97 Å². The fourth-order valence-electron chi connectivity index (χ4n) is 2.36. The molecule has 0 atom stereocenters. The van der Waals surface area contributed by atoms with E-state index in [1.165, 1.54) is 13.2 Å². The van der Waals surface area contributed by atoms with Crippen molar-refractivity contribution < 1.29 is 23.8 Å². The molecule has 0 saturated heterocycles. The Balaban J connectivity index is 1.89. The van der Waals surface area contributed by atoms with Gasteiger partial charge in [-0.2, -0.15) is 0 Å². The van der Waals surface area contributed by atoms with Crippen molar-refractivity contribution in [1.82, 2.24) is 10.2 Å². The number of carbonyl (C=O) groups is 1. The zero-order valence-electron chi connectivity index (χ0n) is 15.2. The van der Waals surface area contributed by atoms with E-state index in [1.807, 2.05) is 0 Å². The third-order valence-electron chi connectivity index (χ3n) is 3.66. The van der Waals surface area contributed by atoms with Crippen molar-refractivity contribution in [2.45, 2.75) is 5.22 Å². The second-order valence-corrected chi connectivity index (χ2v) is 8.13. The highest BCUT2D eigenvalue weighted by Gasteiger charge is 2.17. The summed E-state index contributed by atoms with van der Waals surface area (Å²) in [4.78, 5) is 11.7. The standard InChI is InChI=1S/C19H14ClIN2O5S/c1-26-14-8-10(7-13(21)16(14)27-2)9-15(18(24)25)29-19-23-22-17(28-19)11-3-5-12(20)6-4-11/h3-9H,1-2H3,(H,24,25)/b15-9-. The Bertz CT molecular complexity index is 1070. The first-order chi connectivity index (χ1) is 13.9. The number of hydrogen-bond acceptors (Lipinski definition) is 7. The van der Waals surface area contributed by atoms with E-state index in [1.54, 1.807) is 43.5 Å². The Morgan fingerprint density at radius 2 is 1.93 bits per heavy atom. The Hall–Kier alpha value is -2.24. The number of benzene rings is 2. The number of aliphatic carboxylic acids is 1. The third-order valence-corrected chi connectivity index (χ3v) is 5.56. The molecule has 2 aromatic carbocycles. The Morgan fingerprint density at radius 1 is 1.21 bits per heavy atom. The lowest BCUT2D eigenvalue weighted by molar-refractivity contribution is -0.131. The van der Waals surface area contributed by atoms with E-state index in [-0.39, 0.29) is 16.0 Å². The fourth-order valence-corrected chi connectivity index (χ4v) is 4.01. The molecule has 0 aliphatic carbocycles. The van der Waals surface area contributed by atoms with Crippen molar-refractivity contribution in [3.8, 4) is 23.0 Å². The van der Waals surface area contributed by atoms with Crippen molar-refractivity contribution in [3.63, 3.8) is 0 Å². The molecule has 7 nitrogen and oxygen atoms in total. The van der Waals surface area contributed by atoms with Gasteiger partial charge in [-0.3, -0.25) is 0 Å². The van der Waals surface area contributed by atoms with Crippen LogP contribution in [-0.4, -0.2) is 35.5 Å². The molecule has 1 aromatic heterocycles. The SMILES string of the molecule is COc1cc(/C=C(\Sc2nnc(-c3ccc(Cl)cc3)o2)C(=O)O)cc(I)c1OC. The van der Waals surface area contributed by atoms with Crippen LogP contribution in [0.3, 0.4) is 0 Å². The topological polar surface area (TPSA) is 94.7 Å². The van der Waals surface area contributed by atoms with Crippen molar-refractivity contribution >= 4 is 58.0 Å². The van der Waals surface area contributed by atoms with E-state index in [0.717, 1.165) is 15.3 Å². The van der Waals surface area contributed by atoms with E-state index in [4.69, 9.17) is 25.5 Å². The highest BCUT2D eigenvalue weighted by molar-refractivity contribution is 14.1. The number of rotatable bonds is 7. The molecule has 0 unspecified atom stereocenters. The van der Waals surface area contributed by atoms with Crippen LogP contribution in [0.25, 0.3) is 17.5 Å². The zero-order valence-corrected chi connectivity index (χ0v) is 18.9. The lowest BCUT2D eigenvalue weighted by atomic mass is 10.2. The number of halogens is 2. The molecular formula is C19H14ClIN2O5S. The van der Waals surface area contributed by atoms with Gasteiger partial charge in [0.15, 0.2) is 11.5 Å². The van der Waals surface area contributed by atoms with Gasteiger partial charge in [-0.25, -0.2) is 4.79 Å². The molecule has 10 heteroatoms. The van der Waals surface area contributed by atoms with E-state index in [2.05, 4.69) is 32.8 Å². The molecule has 0 aliphatic rings. The van der Waals surface area contributed by atoms with Gasteiger partial charge in [-0.1, -0.05) is 11.6 Å². The van der Waals surface area contributed by atoms with Gasteiger partial charge in [-0.05, 0) is 82.4 Å². The van der Waals surface area contributed by atoms with E-state index in [0.29, 0.717) is 27.6 Å². The van der Waals surface area contributed by atoms with Crippen molar-refractivity contribution in [2.24, 2.45) is 0 Å². The molecule has 1 N–H and O–H groups in total. The number of carboxylic acids is 1. The molecule has 3 aromatic rings. The fraction of sp³-hybridized carbons (Fsp3) is 0.105. The van der Waals surface area contributed by atoms with E-state index >= 15 is 0 Å². The molecule has 0 saturated carbocycles. The largest absolute Gasteiger partial charge is 0.493 e. The number of hydrogen-bond donors (Lipinski definition) is 1. The molecule has 3 rings (SSSR count). The van der Waals surface area contributed by atoms with Crippen LogP contribution in [0.1, 0.15) is 5.56 Å². The zero-order chi connectivity index (χ0) is 21.0. The predicted octanol–water partition coefficient (Wildman–Crippen LogP) is 5.23. The van der Waals surface area contributed by atoms with Gasteiger partial charge < -0.3 is 19.0 Å². The molecule has 0 radical (unpaired) electrons.